The van der Waals surface area contributed by atoms with Crippen molar-refractivity contribution in [2.45, 2.75) is 58.5 Å². The fourth-order valence-electron chi connectivity index (χ4n) is 2.25. The van der Waals surface area contributed by atoms with Crippen molar-refractivity contribution in [2.24, 2.45) is 0 Å². The van der Waals surface area contributed by atoms with Crippen molar-refractivity contribution in [3.05, 3.63) is 35.9 Å². The number of rotatable bonds is 8. The Morgan fingerprint density at radius 1 is 0.800 bits per heavy atom. The van der Waals surface area contributed by atoms with Crippen LogP contribution in [0.4, 0.5) is 0 Å². The number of carbonyl (C=O) groups is 5. The van der Waals surface area contributed by atoms with Gasteiger partial charge in [-0.15, -0.1) is 0 Å². The van der Waals surface area contributed by atoms with Gasteiger partial charge in [-0.1, -0.05) is 30.3 Å². The minimum atomic E-state index is -2.17. The maximum absolute atomic E-state index is 12.7. The van der Waals surface area contributed by atoms with Gasteiger partial charge < -0.3 is 24.1 Å². The number of carbonyl (C=O) groups excluding carboxylic acids is 4. The molecule has 3 atom stereocenters. The first kappa shape index (κ1) is 24.6. The SMILES string of the molecule is CC(=O)OC(C(=O)O)C(OC(C)=O)C(=O)OC(C(=O)OC(C)(C)C)c1ccccc1. The minimum absolute atomic E-state index is 0.237. The normalized spacial score (nSPS) is 13.9. The molecule has 0 aliphatic carbocycles. The van der Waals surface area contributed by atoms with Crippen LogP contribution in [-0.2, 0) is 42.9 Å². The highest BCUT2D eigenvalue weighted by atomic mass is 16.6. The van der Waals surface area contributed by atoms with Crippen LogP contribution in [0.1, 0.15) is 46.3 Å². The lowest BCUT2D eigenvalue weighted by atomic mass is 10.1. The fourth-order valence-corrected chi connectivity index (χ4v) is 2.25. The van der Waals surface area contributed by atoms with Crippen molar-refractivity contribution in [2.75, 3.05) is 0 Å². The summed E-state index contributed by atoms with van der Waals surface area (Å²) in [6, 6.07) is 7.82. The van der Waals surface area contributed by atoms with Crippen molar-refractivity contribution < 1.29 is 48.0 Å². The van der Waals surface area contributed by atoms with Gasteiger partial charge in [0.15, 0.2) is 0 Å². The van der Waals surface area contributed by atoms with Gasteiger partial charge in [0.05, 0.1) is 0 Å². The highest BCUT2D eigenvalue weighted by Gasteiger charge is 2.43. The monoisotopic (exact) mass is 424 g/mol. The van der Waals surface area contributed by atoms with Crippen LogP contribution in [0.25, 0.3) is 0 Å². The molecule has 0 heterocycles. The van der Waals surface area contributed by atoms with Crippen molar-refractivity contribution in [3.8, 4) is 0 Å². The van der Waals surface area contributed by atoms with Crippen LogP contribution in [0.2, 0.25) is 0 Å². The molecule has 0 saturated heterocycles. The zero-order chi connectivity index (χ0) is 23.1. The molecule has 0 fully saturated rings. The first-order chi connectivity index (χ1) is 13.8. The lowest BCUT2D eigenvalue weighted by molar-refractivity contribution is -0.195. The Kier molecular flexibility index (Phi) is 8.51. The van der Waals surface area contributed by atoms with E-state index in [0.717, 1.165) is 13.8 Å². The van der Waals surface area contributed by atoms with E-state index >= 15 is 0 Å². The van der Waals surface area contributed by atoms with Crippen LogP contribution < -0.4 is 0 Å². The topological polar surface area (TPSA) is 142 Å². The second-order valence-electron chi connectivity index (χ2n) is 7.16. The molecule has 10 heteroatoms. The summed E-state index contributed by atoms with van der Waals surface area (Å²) >= 11 is 0. The highest BCUT2D eigenvalue weighted by Crippen LogP contribution is 2.24. The zero-order valence-electron chi connectivity index (χ0n) is 17.2. The molecule has 1 N–H and O–H groups in total. The maximum Gasteiger partial charge on any atom is 0.353 e. The van der Waals surface area contributed by atoms with Crippen molar-refractivity contribution in [1.82, 2.24) is 0 Å². The van der Waals surface area contributed by atoms with E-state index in [9.17, 15) is 29.1 Å². The van der Waals surface area contributed by atoms with Crippen LogP contribution in [-0.4, -0.2) is 52.8 Å². The van der Waals surface area contributed by atoms with Gasteiger partial charge in [0.25, 0.3) is 0 Å². The van der Waals surface area contributed by atoms with Crippen molar-refractivity contribution in [1.29, 1.82) is 0 Å². The van der Waals surface area contributed by atoms with E-state index in [4.69, 9.17) is 14.2 Å². The van der Waals surface area contributed by atoms with E-state index in [0.29, 0.717) is 0 Å². The van der Waals surface area contributed by atoms with Gasteiger partial charge in [0, 0.05) is 19.4 Å². The van der Waals surface area contributed by atoms with Crippen molar-refractivity contribution in [3.63, 3.8) is 0 Å². The molecule has 0 aromatic heterocycles. The molecule has 1 aromatic rings. The molecule has 164 valence electrons. The van der Waals surface area contributed by atoms with Gasteiger partial charge in [-0.3, -0.25) is 9.59 Å². The molecule has 1 aromatic carbocycles. The second kappa shape index (κ2) is 10.4. The van der Waals surface area contributed by atoms with Crippen LogP contribution in [0.3, 0.4) is 0 Å². The van der Waals surface area contributed by atoms with Gasteiger partial charge in [-0.2, -0.15) is 0 Å². The number of carboxylic acids is 1. The molecule has 0 radical (unpaired) electrons. The van der Waals surface area contributed by atoms with Crippen molar-refractivity contribution >= 4 is 29.8 Å². The molecule has 3 unspecified atom stereocenters. The third-order valence-corrected chi connectivity index (χ3v) is 3.29. The second-order valence-corrected chi connectivity index (χ2v) is 7.16. The summed E-state index contributed by atoms with van der Waals surface area (Å²) in [7, 11) is 0. The lowest BCUT2D eigenvalue weighted by Crippen LogP contribution is -2.47. The van der Waals surface area contributed by atoms with Gasteiger partial charge in [-0.05, 0) is 20.8 Å². The standard InChI is InChI=1S/C20H24O10/c1-11(21)27-15(17(23)24)16(28-12(2)22)18(25)29-14(13-9-7-6-8-10-13)19(26)30-20(3,4)5/h6-10,14-16H,1-5H3,(H,23,24). The Bertz CT molecular complexity index is 794. The van der Waals surface area contributed by atoms with Gasteiger partial charge in [-0.25, -0.2) is 14.4 Å². The average molecular weight is 424 g/mol. The molecule has 0 spiro atoms. The molecule has 0 saturated carbocycles. The van der Waals surface area contributed by atoms with Crippen LogP contribution in [0.5, 0.6) is 0 Å². The van der Waals surface area contributed by atoms with Crippen LogP contribution in [0.15, 0.2) is 30.3 Å². The largest absolute Gasteiger partial charge is 0.478 e. The number of hydrogen-bond acceptors (Lipinski definition) is 9. The Labute approximate surface area is 173 Å². The maximum atomic E-state index is 12.7. The van der Waals surface area contributed by atoms with Crippen LogP contribution in [0, 0.1) is 0 Å². The Morgan fingerprint density at radius 3 is 1.73 bits per heavy atom. The van der Waals surface area contributed by atoms with E-state index < -0.39 is 53.8 Å². The lowest BCUT2D eigenvalue weighted by Gasteiger charge is -2.26. The van der Waals surface area contributed by atoms with E-state index in [-0.39, 0.29) is 5.56 Å². The number of esters is 4. The molecular formula is C20H24O10. The molecule has 30 heavy (non-hydrogen) atoms. The van der Waals surface area contributed by atoms with Gasteiger partial charge in [0.2, 0.25) is 18.3 Å². The zero-order valence-corrected chi connectivity index (χ0v) is 17.2. The number of benzene rings is 1. The third-order valence-electron chi connectivity index (χ3n) is 3.29. The molecule has 0 aliphatic rings. The number of carboxylic acid groups (broad SMARTS) is 1. The highest BCUT2D eigenvalue weighted by molar-refractivity contribution is 5.90. The number of hydrogen-bond donors (Lipinski definition) is 1. The summed E-state index contributed by atoms with van der Waals surface area (Å²) in [6.45, 7) is 6.67. The number of aliphatic carboxylic acids is 1. The summed E-state index contributed by atoms with van der Waals surface area (Å²) in [5.41, 5.74) is -0.673. The van der Waals surface area contributed by atoms with Crippen LogP contribution >= 0.6 is 0 Å². The Balaban J connectivity index is 3.26. The molecule has 0 amide bonds. The van der Waals surface area contributed by atoms with E-state index in [1.54, 1.807) is 39.0 Å². The third kappa shape index (κ3) is 7.90. The predicted octanol–water partition coefficient (Wildman–Crippen LogP) is 1.56. The molecular weight excluding hydrogens is 400 g/mol. The minimum Gasteiger partial charge on any atom is -0.478 e. The smallest absolute Gasteiger partial charge is 0.353 e. The average Bonchev–Trinajstić information content (AvgIpc) is 2.60. The predicted molar refractivity (Wildman–Crippen MR) is 99.9 cm³/mol. The Hall–Kier alpha value is -3.43. The summed E-state index contributed by atoms with van der Waals surface area (Å²) in [5.74, 6) is -6.13. The van der Waals surface area contributed by atoms with E-state index in [1.807, 2.05) is 0 Å². The summed E-state index contributed by atoms with van der Waals surface area (Å²) in [4.78, 5) is 59.4. The van der Waals surface area contributed by atoms with Gasteiger partial charge >= 0.3 is 29.8 Å². The van der Waals surface area contributed by atoms with E-state index in [1.165, 1.54) is 12.1 Å². The quantitative estimate of drug-likeness (QED) is 0.482. The summed E-state index contributed by atoms with van der Waals surface area (Å²) < 4.78 is 19.8. The summed E-state index contributed by atoms with van der Waals surface area (Å²) in [5, 5.41) is 9.30. The molecule has 1 rings (SSSR count). The first-order valence-electron chi connectivity index (χ1n) is 8.87. The first-order valence-corrected chi connectivity index (χ1v) is 8.87. The molecule has 0 aliphatic heterocycles. The number of ether oxygens (including phenoxy) is 4. The van der Waals surface area contributed by atoms with E-state index in [2.05, 4.69) is 4.74 Å². The molecule has 10 nitrogen and oxygen atoms in total. The Morgan fingerprint density at radius 2 is 1.30 bits per heavy atom. The van der Waals surface area contributed by atoms with Gasteiger partial charge in [0.1, 0.15) is 5.60 Å². The summed E-state index contributed by atoms with van der Waals surface area (Å²) in [6.07, 6.45) is -5.89. The molecule has 0 bridgehead atoms. The fraction of sp³-hybridized carbons (Fsp3) is 0.450.